The predicted molar refractivity (Wildman–Crippen MR) is 175 cm³/mol. The number of nitrogens with one attached hydrogen (secondary N) is 4. The van der Waals surface area contributed by atoms with Gasteiger partial charge in [-0.25, -0.2) is 18.2 Å². The number of benzene rings is 3. The van der Waals surface area contributed by atoms with Crippen molar-refractivity contribution >= 4 is 49.8 Å². The van der Waals surface area contributed by atoms with Gasteiger partial charge in [-0.1, -0.05) is 45.0 Å². The lowest BCUT2D eigenvalue weighted by molar-refractivity contribution is 0.262. The first-order valence-electron chi connectivity index (χ1n) is 14.0. The van der Waals surface area contributed by atoms with Crippen molar-refractivity contribution in [3.8, 4) is 17.4 Å². The second kappa shape index (κ2) is 12.7. The number of methoxy groups -OCH3 is 1. The van der Waals surface area contributed by atoms with Gasteiger partial charge in [0, 0.05) is 23.0 Å². The van der Waals surface area contributed by atoms with Crippen molar-refractivity contribution in [1.29, 1.82) is 0 Å². The smallest absolute Gasteiger partial charge is 0.323 e. The predicted octanol–water partition coefficient (Wildman–Crippen LogP) is 6.95. The molecule has 234 valence electrons. The van der Waals surface area contributed by atoms with Crippen molar-refractivity contribution in [3.05, 3.63) is 90.5 Å². The molecule has 2 aromatic heterocycles. The number of aromatic nitrogens is 2. The molecule has 2 heterocycles. The van der Waals surface area contributed by atoms with Crippen LogP contribution in [0.4, 0.5) is 27.8 Å². The van der Waals surface area contributed by atoms with E-state index in [1.165, 1.54) is 7.11 Å². The Labute approximate surface area is 261 Å². The molecule has 5 rings (SSSR count). The number of urea groups is 1. The second-order valence-electron chi connectivity index (χ2n) is 11.2. The van der Waals surface area contributed by atoms with E-state index in [0.29, 0.717) is 35.5 Å². The van der Waals surface area contributed by atoms with Crippen LogP contribution in [0.1, 0.15) is 32.1 Å². The first-order chi connectivity index (χ1) is 21.4. The van der Waals surface area contributed by atoms with E-state index in [1.54, 1.807) is 48.9 Å². The molecule has 0 bridgehead atoms. The Morgan fingerprint density at radius 1 is 0.933 bits per heavy atom. The number of hydrogen-bond donors (Lipinski definition) is 4. The quantitative estimate of drug-likeness (QED) is 0.128. The normalized spacial score (nSPS) is 11.6. The Kier molecular flexibility index (Phi) is 8.82. The van der Waals surface area contributed by atoms with E-state index < -0.39 is 16.1 Å². The van der Waals surface area contributed by atoms with Gasteiger partial charge >= 0.3 is 6.03 Å². The number of amides is 2. The van der Waals surface area contributed by atoms with Gasteiger partial charge in [0.2, 0.25) is 21.9 Å². The van der Waals surface area contributed by atoms with E-state index in [0.717, 1.165) is 28.4 Å². The number of anilines is 4. The highest BCUT2D eigenvalue weighted by Gasteiger charge is 2.22. The molecular formula is C32H34N6O6S. The molecule has 0 unspecified atom stereocenters. The topological polar surface area (TPSA) is 157 Å². The fraction of sp³-hybridized carbons (Fsp3) is 0.219. The summed E-state index contributed by atoms with van der Waals surface area (Å²) in [6, 6.07) is 19.2. The summed E-state index contributed by atoms with van der Waals surface area (Å²) in [5, 5.41) is 10.3. The summed E-state index contributed by atoms with van der Waals surface area (Å²) in [7, 11) is -2.21. The lowest BCUT2D eigenvalue weighted by Gasteiger charge is -2.24. The highest BCUT2D eigenvalue weighted by atomic mass is 32.2. The molecule has 0 fully saturated rings. The fourth-order valence-corrected chi connectivity index (χ4v) is 5.12. The van der Waals surface area contributed by atoms with E-state index in [9.17, 15) is 13.2 Å². The van der Waals surface area contributed by atoms with Gasteiger partial charge in [-0.2, -0.15) is 4.98 Å². The molecule has 0 aliphatic rings. The number of carbonyl (C=O) groups excluding carboxylic acids is 1. The average molecular weight is 631 g/mol. The first-order valence-corrected chi connectivity index (χ1v) is 15.9. The molecule has 0 spiro atoms. The summed E-state index contributed by atoms with van der Waals surface area (Å²) in [4.78, 5) is 22.0. The molecular weight excluding hydrogens is 596 g/mol. The molecule has 13 heteroatoms. The van der Waals surface area contributed by atoms with Crippen LogP contribution in [-0.2, 0) is 22.0 Å². The van der Waals surface area contributed by atoms with E-state index in [1.807, 2.05) is 51.1 Å². The maximum absolute atomic E-state index is 13.3. The van der Waals surface area contributed by atoms with Crippen molar-refractivity contribution < 1.29 is 27.1 Å². The van der Waals surface area contributed by atoms with Gasteiger partial charge in [-0.05, 0) is 47.4 Å². The van der Waals surface area contributed by atoms with Crippen LogP contribution in [-0.4, -0.2) is 37.8 Å². The van der Waals surface area contributed by atoms with Crippen LogP contribution < -0.4 is 30.1 Å². The van der Waals surface area contributed by atoms with Crippen LogP contribution in [0.15, 0.2) is 83.6 Å². The third kappa shape index (κ3) is 7.81. The minimum atomic E-state index is -3.62. The molecule has 12 nitrogen and oxygen atoms in total. The molecule has 45 heavy (non-hydrogen) atoms. The number of sulfonamides is 1. The number of hydrogen-bond acceptors (Lipinski definition) is 9. The van der Waals surface area contributed by atoms with E-state index in [4.69, 9.17) is 13.9 Å². The number of carbonyl (C=O) groups is 1. The fourth-order valence-electron chi connectivity index (χ4n) is 4.57. The Bertz CT molecular complexity index is 1940. The Balaban J connectivity index is 1.38. The van der Waals surface area contributed by atoms with Gasteiger partial charge in [0.05, 0.1) is 43.2 Å². The highest BCUT2D eigenvalue weighted by molar-refractivity contribution is 7.92. The summed E-state index contributed by atoms with van der Waals surface area (Å²) in [5.41, 5.74) is 1.50. The Hall–Kier alpha value is -5.30. The zero-order chi connectivity index (χ0) is 32.2. The van der Waals surface area contributed by atoms with E-state index in [-0.39, 0.29) is 16.9 Å². The maximum Gasteiger partial charge on any atom is 0.323 e. The van der Waals surface area contributed by atoms with Crippen molar-refractivity contribution in [2.24, 2.45) is 0 Å². The zero-order valence-electron chi connectivity index (χ0n) is 25.5. The summed E-state index contributed by atoms with van der Waals surface area (Å²) in [5.74, 6) is 2.17. The van der Waals surface area contributed by atoms with Crippen LogP contribution in [0, 0.1) is 0 Å². The number of nitrogens with zero attached hydrogens (tertiary/aromatic N) is 2. The van der Waals surface area contributed by atoms with Crippen LogP contribution in [0.2, 0.25) is 0 Å². The molecule has 4 N–H and O–H groups in total. The summed E-state index contributed by atoms with van der Waals surface area (Å²) < 4.78 is 43.6. The van der Waals surface area contributed by atoms with Crippen LogP contribution in [0.25, 0.3) is 10.8 Å². The van der Waals surface area contributed by atoms with Gasteiger partial charge in [0.1, 0.15) is 11.5 Å². The lowest BCUT2D eigenvalue weighted by Crippen LogP contribution is -2.22. The number of rotatable bonds is 10. The molecule has 2 amide bonds. The van der Waals surface area contributed by atoms with Gasteiger partial charge in [0.15, 0.2) is 5.75 Å². The van der Waals surface area contributed by atoms with Gasteiger partial charge < -0.3 is 29.8 Å². The summed E-state index contributed by atoms with van der Waals surface area (Å²) in [6.07, 6.45) is 4.24. The summed E-state index contributed by atoms with van der Waals surface area (Å²) in [6.45, 7) is 6.37. The van der Waals surface area contributed by atoms with Crippen molar-refractivity contribution in [3.63, 3.8) is 0 Å². The minimum absolute atomic E-state index is 0.181. The Morgan fingerprint density at radius 2 is 1.67 bits per heavy atom. The number of fused-ring (bicyclic) bond motifs is 1. The van der Waals surface area contributed by atoms with Crippen LogP contribution in [0.5, 0.6) is 17.4 Å². The van der Waals surface area contributed by atoms with Gasteiger partial charge in [0.25, 0.3) is 0 Å². The molecule has 5 aromatic rings. The van der Waals surface area contributed by atoms with E-state index in [2.05, 4.69) is 30.6 Å². The van der Waals surface area contributed by atoms with Crippen molar-refractivity contribution in [1.82, 2.24) is 9.97 Å². The van der Waals surface area contributed by atoms with Gasteiger partial charge in [-0.3, -0.25) is 4.72 Å². The zero-order valence-corrected chi connectivity index (χ0v) is 26.3. The van der Waals surface area contributed by atoms with Gasteiger partial charge in [-0.15, -0.1) is 0 Å². The molecule has 0 radical (unpaired) electrons. The standard InChI is InChI=1S/C32H34N6O6S/c1-32(2,3)20-17-25(29(42-4)26(18-20)38-45(5,40)41)36-31(39)35-24-12-13-27(23-11-7-6-10-22(23)24)44-28-14-15-33-30(37-28)34-19-21-9-8-16-43-21/h6-18,38H,19H2,1-5H3,(H,33,34,37)(H2,35,36,39). The third-order valence-corrected chi connectivity index (χ3v) is 7.27. The van der Waals surface area contributed by atoms with E-state index >= 15 is 0 Å². The lowest BCUT2D eigenvalue weighted by atomic mass is 9.86. The van der Waals surface area contributed by atoms with Crippen LogP contribution >= 0.6 is 0 Å². The molecule has 0 saturated carbocycles. The van der Waals surface area contributed by atoms with Crippen molar-refractivity contribution in [2.75, 3.05) is 34.0 Å². The summed E-state index contributed by atoms with van der Waals surface area (Å²) >= 11 is 0. The first kappa shape index (κ1) is 31.1. The van der Waals surface area contributed by atoms with Crippen molar-refractivity contribution in [2.45, 2.75) is 32.7 Å². The number of ether oxygens (including phenoxy) is 2. The molecule has 0 aliphatic heterocycles. The maximum atomic E-state index is 13.3. The Morgan fingerprint density at radius 3 is 2.36 bits per heavy atom. The molecule has 0 saturated heterocycles. The second-order valence-corrected chi connectivity index (χ2v) is 13.0. The number of furan rings is 1. The average Bonchev–Trinajstić information content (AvgIpc) is 3.50. The molecule has 0 atom stereocenters. The monoisotopic (exact) mass is 630 g/mol. The largest absolute Gasteiger partial charge is 0.492 e. The minimum Gasteiger partial charge on any atom is -0.492 e. The third-order valence-electron chi connectivity index (χ3n) is 6.68. The SMILES string of the molecule is COc1c(NC(=O)Nc2ccc(Oc3ccnc(NCc4ccco4)n3)c3ccccc23)cc(C(C)(C)C)cc1NS(C)(=O)=O. The molecule has 0 aliphatic carbocycles. The molecule has 3 aromatic carbocycles. The highest BCUT2D eigenvalue weighted by Crippen LogP contribution is 2.39. The van der Waals surface area contributed by atoms with Crippen LogP contribution in [0.3, 0.4) is 0 Å².